The first-order chi connectivity index (χ1) is 17.0. The minimum Gasteiger partial charge on any atom is -0.493 e. The van der Waals surface area contributed by atoms with Gasteiger partial charge < -0.3 is 23.5 Å². The number of hydrogen-bond donors (Lipinski definition) is 0. The Hall–Kier alpha value is -3.78. The molecule has 5 rings (SSSR count). The summed E-state index contributed by atoms with van der Waals surface area (Å²) in [6, 6.07) is 14.2. The SMILES string of the molecule is COc1cc2c(cc1OC)C(COc1ccc3c(C)cc(=O)oc3c1)N(C(=O)c1cccs1)CC2. The summed E-state index contributed by atoms with van der Waals surface area (Å²) >= 11 is 1.42. The Kier molecular flexibility index (Phi) is 6.21. The molecule has 0 saturated carbocycles. The number of nitrogens with zero attached hydrogens (tertiary/aromatic N) is 1. The molecule has 0 bridgehead atoms. The molecule has 0 fully saturated rings. The summed E-state index contributed by atoms with van der Waals surface area (Å²) in [5.74, 6) is 1.78. The van der Waals surface area contributed by atoms with Crippen molar-refractivity contribution in [3.63, 3.8) is 0 Å². The monoisotopic (exact) mass is 491 g/mol. The summed E-state index contributed by atoms with van der Waals surface area (Å²) in [6.45, 7) is 2.65. The van der Waals surface area contributed by atoms with Crippen molar-refractivity contribution >= 4 is 28.2 Å². The van der Waals surface area contributed by atoms with E-state index in [1.54, 1.807) is 20.3 Å². The number of methoxy groups -OCH3 is 2. The summed E-state index contributed by atoms with van der Waals surface area (Å²) in [6.07, 6.45) is 0.698. The maximum absolute atomic E-state index is 13.4. The molecule has 4 aromatic rings. The third-order valence-corrected chi connectivity index (χ3v) is 7.18. The van der Waals surface area contributed by atoms with E-state index in [2.05, 4.69) is 0 Å². The molecular formula is C27H25NO6S. The highest BCUT2D eigenvalue weighted by Gasteiger charge is 2.33. The zero-order chi connectivity index (χ0) is 24.5. The van der Waals surface area contributed by atoms with E-state index in [9.17, 15) is 9.59 Å². The highest BCUT2D eigenvalue weighted by Crippen LogP contribution is 2.39. The average molecular weight is 492 g/mol. The van der Waals surface area contributed by atoms with E-state index in [4.69, 9.17) is 18.6 Å². The van der Waals surface area contributed by atoms with Crippen molar-refractivity contribution in [1.29, 1.82) is 0 Å². The molecule has 2 aromatic heterocycles. The summed E-state index contributed by atoms with van der Waals surface area (Å²) in [7, 11) is 3.21. The van der Waals surface area contributed by atoms with E-state index >= 15 is 0 Å². The number of ether oxygens (including phenoxy) is 3. The Morgan fingerprint density at radius 3 is 2.66 bits per heavy atom. The van der Waals surface area contributed by atoms with Crippen LogP contribution in [0.1, 0.15) is 32.4 Å². The van der Waals surface area contributed by atoms with Gasteiger partial charge in [0.25, 0.3) is 5.91 Å². The van der Waals surface area contributed by atoms with Crippen LogP contribution in [0.3, 0.4) is 0 Å². The fourth-order valence-corrected chi connectivity index (χ4v) is 5.24. The lowest BCUT2D eigenvalue weighted by atomic mass is 9.92. The number of rotatable bonds is 6. The maximum Gasteiger partial charge on any atom is 0.336 e. The molecule has 1 aliphatic heterocycles. The van der Waals surface area contributed by atoms with Crippen molar-refractivity contribution in [2.24, 2.45) is 0 Å². The molecule has 1 atom stereocenters. The molecule has 8 heteroatoms. The maximum atomic E-state index is 13.4. The van der Waals surface area contributed by atoms with Gasteiger partial charge >= 0.3 is 5.63 Å². The van der Waals surface area contributed by atoms with Crippen molar-refractivity contribution in [2.75, 3.05) is 27.4 Å². The Balaban J connectivity index is 1.51. The van der Waals surface area contributed by atoms with Crippen molar-refractivity contribution in [1.82, 2.24) is 4.90 Å². The van der Waals surface area contributed by atoms with Gasteiger partial charge in [0.1, 0.15) is 17.9 Å². The second-order valence-corrected chi connectivity index (χ2v) is 9.31. The van der Waals surface area contributed by atoms with E-state index in [1.165, 1.54) is 17.4 Å². The van der Waals surface area contributed by atoms with Gasteiger partial charge in [-0.2, -0.15) is 0 Å². The molecule has 0 spiro atoms. The second kappa shape index (κ2) is 9.46. The number of carbonyl (C=O) groups is 1. The topological polar surface area (TPSA) is 78.2 Å². The number of hydrogen-bond acceptors (Lipinski definition) is 7. The third-order valence-electron chi connectivity index (χ3n) is 6.33. The van der Waals surface area contributed by atoms with Crippen LogP contribution in [-0.4, -0.2) is 38.2 Å². The Bertz CT molecular complexity index is 1440. The lowest BCUT2D eigenvalue weighted by molar-refractivity contribution is 0.0594. The van der Waals surface area contributed by atoms with E-state index in [0.29, 0.717) is 40.7 Å². The number of benzene rings is 2. The Morgan fingerprint density at radius 1 is 1.11 bits per heavy atom. The molecule has 1 unspecified atom stereocenters. The molecule has 0 aliphatic carbocycles. The third kappa shape index (κ3) is 4.37. The largest absolute Gasteiger partial charge is 0.493 e. The van der Waals surface area contributed by atoms with Crippen LogP contribution < -0.4 is 19.8 Å². The quantitative estimate of drug-likeness (QED) is 0.353. The molecular weight excluding hydrogens is 466 g/mol. The molecule has 7 nitrogen and oxygen atoms in total. The van der Waals surface area contributed by atoms with Crippen LogP contribution in [0.25, 0.3) is 11.0 Å². The molecule has 180 valence electrons. The van der Waals surface area contributed by atoms with Gasteiger partial charge in [0, 0.05) is 24.1 Å². The molecule has 2 aromatic carbocycles. The highest BCUT2D eigenvalue weighted by atomic mass is 32.1. The van der Waals surface area contributed by atoms with Gasteiger partial charge in [0.15, 0.2) is 11.5 Å². The molecule has 0 N–H and O–H groups in total. The van der Waals surface area contributed by atoms with E-state index < -0.39 is 5.63 Å². The number of carbonyl (C=O) groups excluding carboxylic acids is 1. The van der Waals surface area contributed by atoms with Gasteiger partial charge in [-0.05, 0) is 65.7 Å². The first-order valence-electron chi connectivity index (χ1n) is 11.2. The molecule has 35 heavy (non-hydrogen) atoms. The van der Waals surface area contributed by atoms with Crippen molar-refractivity contribution in [2.45, 2.75) is 19.4 Å². The lowest BCUT2D eigenvalue weighted by Gasteiger charge is -2.37. The van der Waals surface area contributed by atoms with Crippen molar-refractivity contribution < 1.29 is 23.4 Å². The minimum atomic E-state index is -0.401. The van der Waals surface area contributed by atoms with Crippen LogP contribution in [0.5, 0.6) is 17.2 Å². The van der Waals surface area contributed by atoms with Crippen LogP contribution in [0.15, 0.2) is 63.1 Å². The minimum absolute atomic E-state index is 0.0332. The summed E-state index contributed by atoms with van der Waals surface area (Å²) in [5.41, 5.74) is 2.96. The Morgan fingerprint density at radius 2 is 1.91 bits per heavy atom. The lowest BCUT2D eigenvalue weighted by Crippen LogP contribution is -2.42. The number of fused-ring (bicyclic) bond motifs is 2. The molecule has 0 saturated heterocycles. The molecule has 1 amide bonds. The summed E-state index contributed by atoms with van der Waals surface area (Å²) < 4.78 is 22.6. The van der Waals surface area contributed by atoms with Gasteiger partial charge in [-0.15, -0.1) is 11.3 Å². The zero-order valence-electron chi connectivity index (χ0n) is 19.7. The standard InChI is InChI=1S/C27H25NO6S/c1-16-11-26(29)34-22-13-18(6-7-19(16)22)33-15-21-20-14-24(32-3)23(31-2)12-17(20)8-9-28(21)27(30)25-5-4-10-35-25/h4-7,10-14,21H,8-9,15H2,1-3H3. The predicted molar refractivity (Wildman–Crippen MR) is 134 cm³/mol. The van der Waals surface area contributed by atoms with Gasteiger partial charge in [0.05, 0.1) is 25.1 Å². The zero-order valence-corrected chi connectivity index (χ0v) is 20.5. The van der Waals surface area contributed by atoms with Crippen molar-refractivity contribution in [3.05, 3.63) is 85.9 Å². The predicted octanol–water partition coefficient (Wildman–Crippen LogP) is 5.00. The van der Waals surface area contributed by atoms with Crippen molar-refractivity contribution in [3.8, 4) is 17.2 Å². The number of aryl methyl sites for hydroxylation is 1. The van der Waals surface area contributed by atoms with E-state index in [0.717, 1.165) is 22.1 Å². The van der Waals surface area contributed by atoms with Gasteiger partial charge in [-0.25, -0.2) is 4.79 Å². The Labute approximate surface area is 206 Å². The summed E-state index contributed by atoms with van der Waals surface area (Å²) in [5, 5.41) is 2.75. The first kappa shape index (κ1) is 23.0. The molecule has 1 aliphatic rings. The molecule has 3 heterocycles. The normalized spacial score (nSPS) is 15.1. The average Bonchev–Trinajstić information content (AvgIpc) is 3.40. The van der Waals surface area contributed by atoms with Gasteiger partial charge in [-0.1, -0.05) is 6.07 Å². The fourth-order valence-electron chi connectivity index (χ4n) is 4.56. The van der Waals surface area contributed by atoms with Crippen LogP contribution in [0.4, 0.5) is 0 Å². The summed E-state index contributed by atoms with van der Waals surface area (Å²) in [4.78, 5) is 27.8. The van der Waals surface area contributed by atoms with Crippen LogP contribution in [-0.2, 0) is 6.42 Å². The smallest absolute Gasteiger partial charge is 0.336 e. The van der Waals surface area contributed by atoms with Crippen LogP contribution >= 0.6 is 11.3 Å². The number of thiophene rings is 1. The molecule has 0 radical (unpaired) electrons. The van der Waals surface area contributed by atoms with E-state index in [-0.39, 0.29) is 18.6 Å². The fraction of sp³-hybridized carbons (Fsp3) is 0.259. The van der Waals surface area contributed by atoms with Crippen LogP contribution in [0, 0.1) is 6.92 Å². The number of amides is 1. The first-order valence-corrected chi connectivity index (χ1v) is 12.1. The van der Waals surface area contributed by atoms with Gasteiger partial charge in [-0.3, -0.25) is 4.79 Å². The highest BCUT2D eigenvalue weighted by molar-refractivity contribution is 7.12. The van der Waals surface area contributed by atoms with E-state index in [1.807, 2.05) is 53.6 Å². The van der Waals surface area contributed by atoms with Crippen LogP contribution in [0.2, 0.25) is 0 Å². The second-order valence-electron chi connectivity index (χ2n) is 8.37. The van der Waals surface area contributed by atoms with Gasteiger partial charge in [0.2, 0.25) is 0 Å².